The maximum Gasteiger partial charge on any atom is 0.142 e. The Balaban J connectivity index is 2.81. The van der Waals surface area contributed by atoms with E-state index in [1.165, 1.54) is 0 Å². The molecule has 3 nitrogen and oxygen atoms in total. The third-order valence-corrected chi connectivity index (χ3v) is 1.73. The number of aromatic nitrogens is 1. The Labute approximate surface area is 78.1 Å². The van der Waals surface area contributed by atoms with Crippen molar-refractivity contribution in [1.29, 1.82) is 0 Å². The fraction of sp³-hybridized carbons (Fsp3) is 0.600. The number of rotatable bonds is 2. The Kier molecular flexibility index (Phi) is 2.55. The van der Waals surface area contributed by atoms with E-state index in [1.54, 1.807) is 6.92 Å². The summed E-state index contributed by atoms with van der Waals surface area (Å²) in [5.74, 6) is 0.928. The fourth-order valence-electron chi connectivity index (χ4n) is 1.00. The Morgan fingerprint density at radius 2 is 2.15 bits per heavy atom. The average Bonchev–Trinajstić information content (AvgIpc) is 2.32. The van der Waals surface area contributed by atoms with E-state index >= 15 is 0 Å². The lowest BCUT2D eigenvalue weighted by atomic mass is 9.93. The van der Waals surface area contributed by atoms with Crippen molar-refractivity contribution in [2.24, 2.45) is 0 Å². The predicted octanol–water partition coefficient (Wildman–Crippen LogP) is 2.10. The third-order valence-electron chi connectivity index (χ3n) is 1.73. The van der Waals surface area contributed by atoms with Crippen LogP contribution < -0.4 is 0 Å². The first-order valence-electron chi connectivity index (χ1n) is 4.35. The van der Waals surface area contributed by atoms with E-state index in [-0.39, 0.29) is 11.2 Å². The third kappa shape index (κ3) is 2.68. The summed E-state index contributed by atoms with van der Waals surface area (Å²) < 4.78 is 5.13. The van der Waals surface area contributed by atoms with Crippen molar-refractivity contribution in [3.8, 4) is 0 Å². The van der Waals surface area contributed by atoms with Gasteiger partial charge in [-0.25, -0.2) is 0 Å². The van der Waals surface area contributed by atoms with Crippen LogP contribution in [0.2, 0.25) is 0 Å². The Morgan fingerprint density at radius 1 is 1.54 bits per heavy atom. The van der Waals surface area contributed by atoms with Crippen LogP contribution in [0.4, 0.5) is 0 Å². The topological polar surface area (TPSA) is 43.1 Å². The summed E-state index contributed by atoms with van der Waals surface area (Å²) in [6.45, 7) is 7.69. The molecule has 1 rings (SSSR count). The summed E-state index contributed by atoms with van der Waals surface area (Å²) in [4.78, 5) is 10.8. The summed E-state index contributed by atoms with van der Waals surface area (Å²) >= 11 is 0. The van der Waals surface area contributed by atoms with Crippen molar-refractivity contribution in [1.82, 2.24) is 5.16 Å². The Hall–Kier alpha value is -1.12. The highest BCUT2D eigenvalue weighted by molar-refractivity contribution is 5.77. The van der Waals surface area contributed by atoms with E-state index in [1.807, 2.05) is 26.8 Å². The van der Waals surface area contributed by atoms with Crippen molar-refractivity contribution in [3.63, 3.8) is 0 Å². The maximum absolute atomic E-state index is 10.8. The molecule has 0 aliphatic heterocycles. The van der Waals surface area contributed by atoms with Gasteiger partial charge < -0.3 is 4.52 Å². The first kappa shape index (κ1) is 9.96. The van der Waals surface area contributed by atoms with E-state index in [4.69, 9.17) is 4.52 Å². The summed E-state index contributed by atoms with van der Waals surface area (Å²) in [6, 6.07) is 1.85. The zero-order valence-electron chi connectivity index (χ0n) is 8.55. The van der Waals surface area contributed by atoms with E-state index in [0.717, 1.165) is 11.5 Å². The lowest BCUT2D eigenvalue weighted by Crippen LogP contribution is -2.09. The number of Topliss-reactive ketones (excluding diaryl/α,β-unsaturated/α-hetero) is 1. The second kappa shape index (κ2) is 3.32. The Morgan fingerprint density at radius 3 is 2.54 bits per heavy atom. The summed E-state index contributed by atoms with van der Waals surface area (Å²) in [7, 11) is 0. The van der Waals surface area contributed by atoms with Gasteiger partial charge >= 0.3 is 0 Å². The number of ketones is 1. The average molecular weight is 181 g/mol. The number of carbonyl (C=O) groups is 1. The van der Waals surface area contributed by atoms with Crippen LogP contribution in [0.3, 0.4) is 0 Å². The molecule has 13 heavy (non-hydrogen) atoms. The quantitative estimate of drug-likeness (QED) is 0.701. The molecule has 0 radical (unpaired) electrons. The second-order valence-corrected chi connectivity index (χ2v) is 4.31. The molecule has 72 valence electrons. The lowest BCUT2D eigenvalue weighted by molar-refractivity contribution is -0.116. The smallest absolute Gasteiger partial charge is 0.142 e. The van der Waals surface area contributed by atoms with Gasteiger partial charge in [0.1, 0.15) is 11.5 Å². The van der Waals surface area contributed by atoms with Crippen molar-refractivity contribution < 1.29 is 9.32 Å². The molecule has 0 aliphatic carbocycles. The molecule has 1 aromatic rings. The molecule has 0 amide bonds. The van der Waals surface area contributed by atoms with Gasteiger partial charge in [-0.2, -0.15) is 0 Å². The van der Waals surface area contributed by atoms with Gasteiger partial charge in [-0.3, -0.25) is 4.79 Å². The molecule has 0 spiro atoms. The van der Waals surface area contributed by atoms with E-state index < -0.39 is 0 Å². The van der Waals surface area contributed by atoms with Gasteiger partial charge in [-0.05, 0) is 6.92 Å². The normalized spacial score (nSPS) is 11.7. The number of carbonyl (C=O) groups excluding carboxylic acids is 1. The molecule has 0 aliphatic rings. The zero-order chi connectivity index (χ0) is 10.1. The monoisotopic (exact) mass is 181 g/mol. The molecule has 0 fully saturated rings. The molecule has 0 saturated carbocycles. The fourth-order valence-corrected chi connectivity index (χ4v) is 1.00. The van der Waals surface area contributed by atoms with Crippen LogP contribution in [0.5, 0.6) is 0 Å². The molecule has 3 heteroatoms. The minimum atomic E-state index is -0.0396. The predicted molar refractivity (Wildman–Crippen MR) is 49.6 cm³/mol. The largest absolute Gasteiger partial charge is 0.361 e. The molecule has 0 saturated heterocycles. The number of hydrogen-bond donors (Lipinski definition) is 0. The van der Waals surface area contributed by atoms with Gasteiger partial charge in [-0.1, -0.05) is 25.9 Å². The van der Waals surface area contributed by atoms with Crippen molar-refractivity contribution >= 4 is 5.78 Å². The van der Waals surface area contributed by atoms with Crippen LogP contribution in [0, 0.1) is 0 Å². The van der Waals surface area contributed by atoms with Gasteiger partial charge in [0.15, 0.2) is 0 Å². The van der Waals surface area contributed by atoms with Gasteiger partial charge in [0.25, 0.3) is 0 Å². The van der Waals surface area contributed by atoms with Gasteiger partial charge in [0, 0.05) is 11.5 Å². The van der Waals surface area contributed by atoms with Crippen LogP contribution in [-0.2, 0) is 16.6 Å². The first-order chi connectivity index (χ1) is 5.89. The zero-order valence-corrected chi connectivity index (χ0v) is 8.55. The van der Waals surface area contributed by atoms with Crippen LogP contribution in [0.1, 0.15) is 39.1 Å². The standard InChI is InChI=1S/C10H15NO2/c1-7(12)5-8-6-9(13-11-8)10(2,3)4/h6H,5H2,1-4H3. The van der Waals surface area contributed by atoms with Gasteiger partial charge in [-0.15, -0.1) is 0 Å². The van der Waals surface area contributed by atoms with Crippen LogP contribution in [0.25, 0.3) is 0 Å². The molecule has 0 bridgehead atoms. The molecular formula is C10H15NO2. The van der Waals surface area contributed by atoms with Crippen LogP contribution >= 0.6 is 0 Å². The van der Waals surface area contributed by atoms with Crippen LogP contribution in [0.15, 0.2) is 10.6 Å². The van der Waals surface area contributed by atoms with E-state index in [9.17, 15) is 4.79 Å². The summed E-state index contributed by atoms with van der Waals surface area (Å²) in [5.41, 5.74) is 0.680. The van der Waals surface area contributed by atoms with Gasteiger partial charge in [0.2, 0.25) is 0 Å². The van der Waals surface area contributed by atoms with Crippen molar-refractivity contribution in [2.45, 2.75) is 39.5 Å². The molecule has 0 unspecified atom stereocenters. The molecule has 0 N–H and O–H groups in total. The Bertz CT molecular complexity index is 307. The molecule has 0 aromatic carbocycles. The SMILES string of the molecule is CC(=O)Cc1cc(C(C)(C)C)on1. The number of nitrogens with zero attached hydrogens (tertiary/aromatic N) is 1. The van der Waals surface area contributed by atoms with Crippen molar-refractivity contribution in [3.05, 3.63) is 17.5 Å². The first-order valence-corrected chi connectivity index (χ1v) is 4.35. The second-order valence-electron chi connectivity index (χ2n) is 4.31. The highest BCUT2D eigenvalue weighted by Gasteiger charge is 2.19. The van der Waals surface area contributed by atoms with E-state index in [2.05, 4.69) is 5.16 Å². The minimum Gasteiger partial charge on any atom is -0.361 e. The summed E-state index contributed by atoms with van der Waals surface area (Å²) in [5, 5.41) is 3.83. The minimum absolute atomic E-state index is 0.0396. The maximum atomic E-state index is 10.8. The lowest BCUT2D eigenvalue weighted by Gasteiger charge is -2.12. The molecular weight excluding hydrogens is 166 g/mol. The highest BCUT2D eigenvalue weighted by atomic mass is 16.5. The highest BCUT2D eigenvalue weighted by Crippen LogP contribution is 2.22. The molecule has 0 atom stereocenters. The van der Waals surface area contributed by atoms with Crippen LogP contribution in [-0.4, -0.2) is 10.9 Å². The van der Waals surface area contributed by atoms with Gasteiger partial charge in [0.05, 0.1) is 12.1 Å². The number of hydrogen-bond acceptors (Lipinski definition) is 3. The molecule has 1 heterocycles. The molecule has 1 aromatic heterocycles. The summed E-state index contributed by atoms with van der Waals surface area (Å²) in [6.07, 6.45) is 0.361. The van der Waals surface area contributed by atoms with Crippen molar-refractivity contribution in [2.75, 3.05) is 0 Å². The van der Waals surface area contributed by atoms with E-state index in [0.29, 0.717) is 6.42 Å².